The van der Waals surface area contributed by atoms with Gasteiger partial charge < -0.3 is 10.2 Å². The van der Waals surface area contributed by atoms with Crippen LogP contribution >= 0.6 is 23.2 Å². The van der Waals surface area contributed by atoms with E-state index in [-0.39, 0.29) is 19.4 Å². The van der Waals surface area contributed by atoms with Gasteiger partial charge in [-0.25, -0.2) is 0 Å². The van der Waals surface area contributed by atoms with Gasteiger partial charge in [-0.2, -0.15) is 5.26 Å². The summed E-state index contributed by atoms with van der Waals surface area (Å²) in [6, 6.07) is 7.05. The zero-order valence-corrected chi connectivity index (χ0v) is 12.3. The maximum absolute atomic E-state index is 10.8. The van der Waals surface area contributed by atoms with Gasteiger partial charge in [0.05, 0.1) is 21.5 Å². The first kappa shape index (κ1) is 16.8. The lowest BCUT2D eigenvalue weighted by molar-refractivity contribution is -0.137. The highest BCUT2D eigenvalue weighted by atomic mass is 35.5. The van der Waals surface area contributed by atoms with E-state index in [1.54, 1.807) is 18.2 Å². The molecule has 0 saturated carbocycles. The number of rotatable bonds is 7. The van der Waals surface area contributed by atoms with Crippen LogP contribution in [-0.2, 0) is 10.2 Å². The lowest BCUT2D eigenvalue weighted by atomic mass is 9.74. The minimum Gasteiger partial charge on any atom is -0.481 e. The molecule has 4 nitrogen and oxygen atoms in total. The number of aliphatic carboxylic acids is 1. The highest BCUT2D eigenvalue weighted by Crippen LogP contribution is 2.36. The zero-order valence-electron chi connectivity index (χ0n) is 10.8. The molecule has 1 atom stereocenters. The van der Waals surface area contributed by atoms with Crippen molar-refractivity contribution in [3.05, 3.63) is 33.8 Å². The second-order valence-electron chi connectivity index (χ2n) is 4.54. The van der Waals surface area contributed by atoms with E-state index in [0.717, 1.165) is 0 Å². The zero-order chi connectivity index (χ0) is 15.2. The van der Waals surface area contributed by atoms with Crippen molar-refractivity contribution in [2.75, 3.05) is 6.61 Å². The second-order valence-corrected chi connectivity index (χ2v) is 5.36. The number of nitrogens with zero attached hydrogens (tertiary/aromatic N) is 1. The summed E-state index contributed by atoms with van der Waals surface area (Å²) in [5, 5.41) is 28.0. The SMILES string of the molecule is N#C[C@](CCCO)(CCC(=O)O)c1ccc(Cl)c(Cl)c1. The molecule has 6 heteroatoms. The Kier molecular flexibility index (Phi) is 6.28. The molecular formula is C14H15Cl2NO3. The van der Waals surface area contributed by atoms with Crippen molar-refractivity contribution in [1.82, 2.24) is 0 Å². The van der Waals surface area contributed by atoms with Crippen LogP contribution in [0.1, 0.15) is 31.2 Å². The molecule has 1 aromatic rings. The van der Waals surface area contributed by atoms with Gasteiger partial charge in [0.25, 0.3) is 0 Å². The van der Waals surface area contributed by atoms with E-state index in [1.807, 2.05) is 0 Å². The number of carboxylic acid groups (broad SMARTS) is 1. The van der Waals surface area contributed by atoms with Gasteiger partial charge >= 0.3 is 5.97 Å². The van der Waals surface area contributed by atoms with Gasteiger partial charge in [0.1, 0.15) is 0 Å². The molecule has 0 aliphatic rings. The van der Waals surface area contributed by atoms with E-state index < -0.39 is 11.4 Å². The monoisotopic (exact) mass is 315 g/mol. The van der Waals surface area contributed by atoms with Crippen LogP contribution in [0.2, 0.25) is 10.0 Å². The topological polar surface area (TPSA) is 81.3 Å². The quantitative estimate of drug-likeness (QED) is 0.808. The van der Waals surface area contributed by atoms with Crippen LogP contribution in [0.4, 0.5) is 0 Å². The fourth-order valence-corrected chi connectivity index (χ4v) is 2.38. The van der Waals surface area contributed by atoms with Crippen molar-refractivity contribution in [2.45, 2.75) is 31.1 Å². The predicted octanol–water partition coefficient (Wildman–Crippen LogP) is 3.39. The van der Waals surface area contributed by atoms with Crippen LogP contribution in [-0.4, -0.2) is 22.8 Å². The Morgan fingerprint density at radius 2 is 2.00 bits per heavy atom. The summed E-state index contributed by atoms with van der Waals surface area (Å²) < 4.78 is 0. The Balaban J connectivity index is 3.15. The minimum atomic E-state index is -0.977. The van der Waals surface area contributed by atoms with Crippen LogP contribution in [0.15, 0.2) is 18.2 Å². The number of hydrogen-bond acceptors (Lipinski definition) is 3. The number of carbonyl (C=O) groups is 1. The van der Waals surface area contributed by atoms with Gasteiger partial charge in [0.2, 0.25) is 0 Å². The van der Waals surface area contributed by atoms with Crippen LogP contribution in [0.5, 0.6) is 0 Å². The van der Waals surface area contributed by atoms with E-state index in [1.165, 1.54) is 0 Å². The molecule has 0 aliphatic carbocycles. The van der Waals surface area contributed by atoms with Gasteiger partial charge in [-0.3, -0.25) is 4.79 Å². The molecule has 1 aromatic carbocycles. The molecule has 108 valence electrons. The predicted molar refractivity (Wildman–Crippen MR) is 76.9 cm³/mol. The number of carboxylic acids is 1. The summed E-state index contributed by atoms with van der Waals surface area (Å²) in [4.78, 5) is 10.8. The molecule has 20 heavy (non-hydrogen) atoms. The second kappa shape index (κ2) is 7.49. The first-order valence-corrected chi connectivity index (χ1v) is 6.90. The minimum absolute atomic E-state index is 0.0577. The molecule has 0 unspecified atom stereocenters. The summed E-state index contributed by atoms with van der Waals surface area (Å²) in [7, 11) is 0. The van der Waals surface area contributed by atoms with Crippen molar-refractivity contribution < 1.29 is 15.0 Å². The molecule has 0 amide bonds. The van der Waals surface area contributed by atoms with E-state index in [0.29, 0.717) is 28.5 Å². The summed E-state index contributed by atoms with van der Waals surface area (Å²) in [5.41, 5.74) is -0.348. The lowest BCUT2D eigenvalue weighted by Crippen LogP contribution is -2.26. The first-order valence-electron chi connectivity index (χ1n) is 6.14. The van der Waals surface area contributed by atoms with E-state index >= 15 is 0 Å². The van der Waals surface area contributed by atoms with Crippen LogP contribution < -0.4 is 0 Å². The van der Waals surface area contributed by atoms with Gasteiger partial charge in [0, 0.05) is 13.0 Å². The maximum atomic E-state index is 10.8. The number of nitriles is 1. The van der Waals surface area contributed by atoms with Gasteiger partial charge in [-0.1, -0.05) is 29.3 Å². The molecule has 0 heterocycles. The van der Waals surface area contributed by atoms with Gasteiger partial charge in [-0.05, 0) is 37.0 Å². The van der Waals surface area contributed by atoms with Crippen molar-refractivity contribution >= 4 is 29.2 Å². The van der Waals surface area contributed by atoms with Gasteiger partial charge in [-0.15, -0.1) is 0 Å². The van der Waals surface area contributed by atoms with E-state index in [2.05, 4.69) is 6.07 Å². The summed E-state index contributed by atoms with van der Waals surface area (Å²) in [6.07, 6.45) is 0.814. The molecule has 1 rings (SSSR count). The molecule has 0 saturated heterocycles. The third-order valence-corrected chi connectivity index (χ3v) is 3.95. The third kappa shape index (κ3) is 4.11. The Morgan fingerprint density at radius 3 is 2.50 bits per heavy atom. The standard InChI is InChI=1S/C14H15Cl2NO3/c15-11-3-2-10(8-12(11)16)14(9-17,5-1-7-18)6-4-13(19)20/h2-3,8,18H,1,4-7H2,(H,19,20)/t14-/m0/s1. The van der Waals surface area contributed by atoms with Crippen LogP contribution in [0.3, 0.4) is 0 Å². The molecule has 0 aliphatic heterocycles. The summed E-state index contributed by atoms with van der Waals surface area (Å²) in [5.74, 6) is -0.964. The normalized spacial score (nSPS) is 13.5. The first-order chi connectivity index (χ1) is 9.45. The number of hydrogen-bond donors (Lipinski definition) is 2. The average molecular weight is 316 g/mol. The highest BCUT2D eigenvalue weighted by Gasteiger charge is 2.32. The van der Waals surface area contributed by atoms with E-state index in [4.69, 9.17) is 33.4 Å². The van der Waals surface area contributed by atoms with Crippen molar-refractivity contribution in [3.63, 3.8) is 0 Å². The molecular weight excluding hydrogens is 301 g/mol. The lowest BCUT2D eigenvalue weighted by Gasteiger charge is -2.27. The van der Waals surface area contributed by atoms with Crippen LogP contribution in [0.25, 0.3) is 0 Å². The summed E-state index contributed by atoms with van der Waals surface area (Å²) >= 11 is 11.8. The van der Waals surface area contributed by atoms with Crippen LogP contribution in [0, 0.1) is 11.3 Å². The fraction of sp³-hybridized carbons (Fsp3) is 0.429. The smallest absolute Gasteiger partial charge is 0.303 e. The summed E-state index contributed by atoms with van der Waals surface area (Å²) in [6.45, 7) is -0.0577. The van der Waals surface area contributed by atoms with Crippen molar-refractivity contribution in [2.24, 2.45) is 0 Å². The van der Waals surface area contributed by atoms with Gasteiger partial charge in [0.15, 0.2) is 0 Å². The Morgan fingerprint density at radius 1 is 1.30 bits per heavy atom. The third-order valence-electron chi connectivity index (χ3n) is 3.21. The largest absolute Gasteiger partial charge is 0.481 e. The molecule has 0 fully saturated rings. The Bertz CT molecular complexity index is 528. The van der Waals surface area contributed by atoms with Crippen molar-refractivity contribution in [1.29, 1.82) is 5.26 Å². The molecule has 0 spiro atoms. The molecule has 0 aromatic heterocycles. The maximum Gasteiger partial charge on any atom is 0.303 e. The Hall–Kier alpha value is -1.28. The van der Waals surface area contributed by atoms with E-state index in [9.17, 15) is 10.1 Å². The molecule has 2 N–H and O–H groups in total. The number of benzene rings is 1. The Labute approximate surface area is 127 Å². The number of aliphatic hydroxyl groups excluding tert-OH is 1. The number of halogens is 2. The fourth-order valence-electron chi connectivity index (χ4n) is 2.08. The average Bonchev–Trinajstić information content (AvgIpc) is 2.43. The number of aliphatic hydroxyl groups is 1. The molecule has 0 bridgehead atoms. The highest BCUT2D eigenvalue weighted by molar-refractivity contribution is 6.42. The molecule has 0 radical (unpaired) electrons. The van der Waals surface area contributed by atoms with Crippen molar-refractivity contribution in [3.8, 4) is 6.07 Å².